The molecule has 1 atom stereocenters. The Morgan fingerprint density at radius 1 is 1.73 bits per heavy atom. The van der Waals surface area contributed by atoms with E-state index in [0.717, 1.165) is 5.92 Å². The largest absolute Gasteiger partial charge is 0.329 e. The van der Waals surface area contributed by atoms with Crippen molar-refractivity contribution in [2.75, 3.05) is 20.1 Å². The van der Waals surface area contributed by atoms with Gasteiger partial charge in [0.1, 0.15) is 0 Å². The summed E-state index contributed by atoms with van der Waals surface area (Å²) in [6.45, 7) is 1.18. The summed E-state index contributed by atoms with van der Waals surface area (Å²) in [6, 6.07) is 2.57. The lowest BCUT2D eigenvalue weighted by molar-refractivity contribution is 0.248. The molecule has 0 bridgehead atoms. The van der Waals surface area contributed by atoms with Crippen molar-refractivity contribution in [2.24, 2.45) is 11.7 Å². The van der Waals surface area contributed by atoms with E-state index in [1.807, 2.05) is 7.05 Å². The first-order chi connectivity index (χ1) is 5.29. The first kappa shape index (κ1) is 8.51. The van der Waals surface area contributed by atoms with Gasteiger partial charge in [-0.25, -0.2) is 0 Å². The maximum Gasteiger partial charge on any atom is 0.0866 e. The van der Waals surface area contributed by atoms with Gasteiger partial charge in [0.25, 0.3) is 0 Å². The van der Waals surface area contributed by atoms with Crippen LogP contribution in [0.2, 0.25) is 0 Å². The second-order valence-electron chi connectivity index (χ2n) is 3.21. The first-order valence-electron chi connectivity index (χ1n) is 4.07. The van der Waals surface area contributed by atoms with Gasteiger partial charge in [-0.3, -0.25) is 4.90 Å². The van der Waals surface area contributed by atoms with Crippen molar-refractivity contribution in [1.29, 1.82) is 5.26 Å². The lowest BCUT2D eigenvalue weighted by Gasteiger charge is -2.23. The van der Waals surface area contributed by atoms with E-state index in [9.17, 15) is 0 Å². The zero-order valence-electron chi connectivity index (χ0n) is 6.95. The first-order valence-corrected chi connectivity index (χ1v) is 4.07. The van der Waals surface area contributed by atoms with Crippen LogP contribution in [0.1, 0.15) is 12.8 Å². The van der Waals surface area contributed by atoms with Gasteiger partial charge in [0, 0.05) is 12.6 Å². The second kappa shape index (κ2) is 3.70. The highest BCUT2D eigenvalue weighted by Crippen LogP contribution is 2.34. The van der Waals surface area contributed by atoms with Crippen LogP contribution in [0, 0.1) is 17.2 Å². The summed E-state index contributed by atoms with van der Waals surface area (Å²) in [5.41, 5.74) is 5.59. The van der Waals surface area contributed by atoms with Crippen molar-refractivity contribution in [3.8, 4) is 6.07 Å². The maximum atomic E-state index is 8.45. The third kappa shape index (κ3) is 2.18. The van der Waals surface area contributed by atoms with Gasteiger partial charge in [0.15, 0.2) is 0 Å². The van der Waals surface area contributed by atoms with Crippen molar-refractivity contribution >= 4 is 0 Å². The molecule has 0 aromatic rings. The maximum absolute atomic E-state index is 8.45. The fourth-order valence-corrected chi connectivity index (χ4v) is 1.44. The molecule has 11 heavy (non-hydrogen) atoms. The molecule has 0 spiro atoms. The third-order valence-electron chi connectivity index (χ3n) is 2.29. The quantitative estimate of drug-likeness (QED) is 0.586. The molecule has 1 fully saturated rings. The molecule has 1 aliphatic carbocycles. The van der Waals surface area contributed by atoms with Crippen molar-refractivity contribution < 1.29 is 0 Å². The Hall–Kier alpha value is -0.590. The molecule has 0 heterocycles. The van der Waals surface area contributed by atoms with Crippen LogP contribution in [0.4, 0.5) is 0 Å². The minimum absolute atomic E-state index is 0.439. The fraction of sp³-hybridized carbons (Fsp3) is 0.875. The number of hydrogen-bond acceptors (Lipinski definition) is 3. The molecule has 3 nitrogen and oxygen atoms in total. The standard InChI is InChI=1S/C8H15N3/c1-11(5-4-9)8(6-10)7-2-3-7/h7-8H,2-3,5-6,10H2,1H3. The molecule has 2 N–H and O–H groups in total. The predicted octanol–water partition coefficient (Wildman–Crippen LogP) is 0.179. The monoisotopic (exact) mass is 153 g/mol. The van der Waals surface area contributed by atoms with Crippen LogP contribution in [-0.2, 0) is 0 Å². The summed E-state index contributed by atoms with van der Waals surface area (Å²) in [6.07, 6.45) is 2.58. The Morgan fingerprint density at radius 3 is 2.73 bits per heavy atom. The van der Waals surface area contributed by atoms with Crippen LogP contribution in [0.3, 0.4) is 0 Å². The number of likely N-dealkylation sites (N-methyl/N-ethyl adjacent to an activating group) is 1. The topological polar surface area (TPSA) is 53.0 Å². The van der Waals surface area contributed by atoms with E-state index >= 15 is 0 Å². The Balaban J connectivity index is 2.34. The average molecular weight is 153 g/mol. The van der Waals surface area contributed by atoms with Crippen LogP contribution in [0.5, 0.6) is 0 Å². The molecule has 0 aromatic heterocycles. The minimum Gasteiger partial charge on any atom is -0.329 e. The SMILES string of the molecule is CN(CC#N)C(CN)C1CC1. The normalized spacial score (nSPS) is 19.8. The highest BCUT2D eigenvalue weighted by atomic mass is 15.1. The van der Waals surface area contributed by atoms with Crippen LogP contribution in [0.25, 0.3) is 0 Å². The van der Waals surface area contributed by atoms with Gasteiger partial charge in [0.05, 0.1) is 12.6 Å². The molecule has 1 aliphatic rings. The predicted molar refractivity (Wildman–Crippen MR) is 43.8 cm³/mol. The van der Waals surface area contributed by atoms with Crippen molar-refractivity contribution in [2.45, 2.75) is 18.9 Å². The molecule has 0 aromatic carbocycles. The van der Waals surface area contributed by atoms with Gasteiger partial charge in [-0.1, -0.05) is 0 Å². The molecule has 1 saturated carbocycles. The molecule has 62 valence electrons. The van der Waals surface area contributed by atoms with Gasteiger partial charge >= 0.3 is 0 Å². The van der Waals surface area contributed by atoms with Crippen LogP contribution in [-0.4, -0.2) is 31.1 Å². The number of nitrogens with zero attached hydrogens (tertiary/aromatic N) is 2. The van der Waals surface area contributed by atoms with Crippen molar-refractivity contribution in [3.63, 3.8) is 0 Å². The van der Waals surface area contributed by atoms with Crippen LogP contribution < -0.4 is 5.73 Å². The highest BCUT2D eigenvalue weighted by Gasteiger charge is 2.32. The summed E-state index contributed by atoms with van der Waals surface area (Å²) in [5, 5.41) is 8.45. The minimum atomic E-state index is 0.439. The summed E-state index contributed by atoms with van der Waals surface area (Å²) in [4.78, 5) is 2.05. The van der Waals surface area contributed by atoms with Gasteiger partial charge in [-0.15, -0.1) is 0 Å². The van der Waals surface area contributed by atoms with E-state index in [1.165, 1.54) is 12.8 Å². The molecule has 0 aliphatic heterocycles. The fourth-order valence-electron chi connectivity index (χ4n) is 1.44. The van der Waals surface area contributed by atoms with E-state index < -0.39 is 0 Å². The summed E-state index contributed by atoms with van der Waals surface area (Å²) >= 11 is 0. The number of nitrogens with two attached hydrogens (primary N) is 1. The van der Waals surface area contributed by atoms with Crippen molar-refractivity contribution in [1.82, 2.24) is 4.90 Å². The second-order valence-corrected chi connectivity index (χ2v) is 3.21. The van der Waals surface area contributed by atoms with Gasteiger partial charge in [0.2, 0.25) is 0 Å². The lowest BCUT2D eigenvalue weighted by Crippen LogP contribution is -2.39. The lowest BCUT2D eigenvalue weighted by atomic mass is 10.1. The Labute approximate surface area is 67.8 Å². The Morgan fingerprint density at radius 2 is 2.36 bits per heavy atom. The number of nitriles is 1. The van der Waals surface area contributed by atoms with E-state index in [-0.39, 0.29) is 0 Å². The van der Waals surface area contributed by atoms with Gasteiger partial charge < -0.3 is 5.73 Å². The number of hydrogen-bond donors (Lipinski definition) is 1. The van der Waals surface area contributed by atoms with Gasteiger partial charge in [-0.2, -0.15) is 5.26 Å². The summed E-state index contributed by atoms with van der Waals surface area (Å²) < 4.78 is 0. The molecule has 0 radical (unpaired) electrons. The molecule has 0 saturated heterocycles. The third-order valence-corrected chi connectivity index (χ3v) is 2.29. The summed E-state index contributed by atoms with van der Waals surface area (Å²) in [5.74, 6) is 0.762. The van der Waals surface area contributed by atoms with Gasteiger partial charge in [-0.05, 0) is 25.8 Å². The Bertz CT molecular complexity index is 157. The zero-order valence-corrected chi connectivity index (χ0v) is 6.95. The van der Waals surface area contributed by atoms with E-state index in [0.29, 0.717) is 19.1 Å². The average Bonchev–Trinajstić information content (AvgIpc) is 2.73. The molecule has 1 unspecified atom stereocenters. The van der Waals surface area contributed by atoms with Crippen LogP contribution >= 0.6 is 0 Å². The van der Waals surface area contributed by atoms with E-state index in [2.05, 4.69) is 11.0 Å². The highest BCUT2D eigenvalue weighted by molar-refractivity contribution is 4.90. The van der Waals surface area contributed by atoms with Crippen molar-refractivity contribution in [3.05, 3.63) is 0 Å². The molecule has 0 amide bonds. The molecule has 1 rings (SSSR count). The zero-order chi connectivity index (χ0) is 8.27. The Kier molecular flexibility index (Phi) is 2.86. The van der Waals surface area contributed by atoms with E-state index in [4.69, 9.17) is 11.0 Å². The number of rotatable bonds is 4. The molecular formula is C8H15N3. The van der Waals surface area contributed by atoms with Crippen LogP contribution in [0.15, 0.2) is 0 Å². The molecule has 3 heteroatoms. The molecular weight excluding hydrogens is 138 g/mol. The van der Waals surface area contributed by atoms with E-state index in [1.54, 1.807) is 0 Å². The smallest absolute Gasteiger partial charge is 0.0866 e. The summed E-state index contributed by atoms with van der Waals surface area (Å²) in [7, 11) is 1.97.